The van der Waals surface area contributed by atoms with Crippen LogP contribution in [-0.2, 0) is 16.2 Å². The molecule has 7 rings (SSSR count). The van der Waals surface area contributed by atoms with E-state index in [2.05, 4.69) is 134 Å². The Kier molecular flexibility index (Phi) is 4.15. The molecule has 0 unspecified atom stereocenters. The number of rotatable bonds is 0. The molecule has 0 heterocycles. The monoisotopic (exact) mass is 582 g/mol. The van der Waals surface area contributed by atoms with Crippen molar-refractivity contribution in [3.63, 3.8) is 0 Å². The van der Waals surface area contributed by atoms with Crippen LogP contribution < -0.4 is 0 Å². The number of hydrogen-bond donors (Lipinski definition) is 0. The SMILES string of the molecule is CC1(C)c2ccccc2-c2c1c1c(c3c2C(C)(C)c2cc(Br)ccc2-3)C(C)(C)c2cc(Br)ccc2-1. The van der Waals surface area contributed by atoms with Crippen LogP contribution in [0.1, 0.15) is 74.9 Å². The van der Waals surface area contributed by atoms with Gasteiger partial charge in [-0.1, -0.05) is 110 Å². The van der Waals surface area contributed by atoms with Crippen LogP contribution in [0.4, 0.5) is 0 Å². The third-order valence-corrected chi connectivity index (χ3v) is 10.1. The minimum atomic E-state index is -0.0941. The smallest absolute Gasteiger partial charge is 0.0178 e. The molecule has 4 aromatic carbocycles. The maximum absolute atomic E-state index is 3.78. The molecule has 0 aromatic heterocycles. The highest BCUT2D eigenvalue weighted by Gasteiger charge is 2.52. The summed E-state index contributed by atoms with van der Waals surface area (Å²) >= 11 is 7.56. The van der Waals surface area contributed by atoms with E-state index in [1.165, 1.54) is 66.8 Å². The lowest BCUT2D eigenvalue weighted by Gasteiger charge is -2.31. The molecular weight excluding hydrogens is 556 g/mol. The number of halogens is 2. The number of hydrogen-bond acceptors (Lipinski definition) is 0. The minimum Gasteiger partial charge on any atom is -0.0619 e. The molecule has 3 aliphatic rings. The summed E-state index contributed by atoms with van der Waals surface area (Å²) in [5.41, 5.74) is 17.2. The highest BCUT2D eigenvalue weighted by molar-refractivity contribution is 9.10. The first-order chi connectivity index (χ1) is 16.5. The Labute approximate surface area is 225 Å². The second-order valence-electron chi connectivity index (χ2n) is 12.1. The maximum atomic E-state index is 3.78. The molecule has 0 bridgehead atoms. The quantitative estimate of drug-likeness (QED) is 0.193. The van der Waals surface area contributed by atoms with Gasteiger partial charge in [0.05, 0.1) is 0 Å². The molecule has 4 aromatic rings. The molecule has 0 amide bonds. The van der Waals surface area contributed by atoms with Gasteiger partial charge in [-0.15, -0.1) is 0 Å². The predicted octanol–water partition coefficient (Wildman–Crippen LogP) is 10.1. The van der Waals surface area contributed by atoms with E-state index >= 15 is 0 Å². The normalized spacial score (nSPS) is 18.4. The lowest BCUT2D eigenvalue weighted by molar-refractivity contribution is 0.635. The van der Waals surface area contributed by atoms with E-state index in [1.54, 1.807) is 0 Å². The van der Waals surface area contributed by atoms with Crippen molar-refractivity contribution in [1.29, 1.82) is 0 Å². The summed E-state index contributed by atoms with van der Waals surface area (Å²) < 4.78 is 2.30. The van der Waals surface area contributed by atoms with E-state index in [0.29, 0.717) is 0 Å². The average molecular weight is 584 g/mol. The van der Waals surface area contributed by atoms with E-state index < -0.39 is 0 Å². The third kappa shape index (κ3) is 2.48. The molecule has 0 aliphatic heterocycles. The van der Waals surface area contributed by atoms with Crippen LogP contribution in [0.15, 0.2) is 69.6 Å². The fourth-order valence-corrected chi connectivity index (χ4v) is 8.31. The van der Waals surface area contributed by atoms with E-state index in [1.807, 2.05) is 0 Å². The highest BCUT2D eigenvalue weighted by Crippen LogP contribution is 2.67. The van der Waals surface area contributed by atoms with Gasteiger partial charge < -0.3 is 0 Å². The molecular formula is C33H28Br2. The zero-order valence-electron chi connectivity index (χ0n) is 21.0. The molecule has 0 fully saturated rings. The van der Waals surface area contributed by atoms with Crippen LogP contribution in [0.25, 0.3) is 33.4 Å². The molecule has 0 atom stereocenters. The van der Waals surface area contributed by atoms with Crippen molar-refractivity contribution in [2.24, 2.45) is 0 Å². The fraction of sp³-hybridized carbons (Fsp3) is 0.273. The molecule has 2 heteroatoms. The molecule has 0 radical (unpaired) electrons. The molecule has 0 N–H and O–H groups in total. The Balaban J connectivity index is 1.77. The van der Waals surface area contributed by atoms with Crippen LogP contribution in [0.2, 0.25) is 0 Å². The Morgan fingerprint density at radius 1 is 0.457 bits per heavy atom. The summed E-state index contributed by atoms with van der Waals surface area (Å²) in [5.74, 6) is 0. The zero-order chi connectivity index (χ0) is 24.7. The molecule has 174 valence electrons. The second-order valence-corrected chi connectivity index (χ2v) is 13.9. The summed E-state index contributed by atoms with van der Waals surface area (Å²) in [6, 6.07) is 23.0. The highest BCUT2D eigenvalue weighted by atomic mass is 79.9. The van der Waals surface area contributed by atoms with Crippen molar-refractivity contribution < 1.29 is 0 Å². The Morgan fingerprint density at radius 2 is 0.829 bits per heavy atom. The van der Waals surface area contributed by atoms with Crippen molar-refractivity contribution in [3.8, 4) is 33.4 Å². The lowest BCUT2D eigenvalue weighted by Crippen LogP contribution is -2.22. The third-order valence-electron chi connectivity index (χ3n) is 9.09. The van der Waals surface area contributed by atoms with Gasteiger partial charge in [-0.3, -0.25) is 0 Å². The molecule has 0 saturated heterocycles. The van der Waals surface area contributed by atoms with Crippen molar-refractivity contribution in [3.05, 3.63) is 103 Å². The predicted molar refractivity (Wildman–Crippen MR) is 155 cm³/mol. The summed E-state index contributed by atoms with van der Waals surface area (Å²) in [5, 5.41) is 0. The van der Waals surface area contributed by atoms with Gasteiger partial charge in [0.25, 0.3) is 0 Å². The largest absolute Gasteiger partial charge is 0.0619 e. The minimum absolute atomic E-state index is 0.0682. The number of benzene rings is 4. The first-order valence-corrected chi connectivity index (χ1v) is 14.0. The molecule has 0 nitrogen and oxygen atoms in total. The van der Waals surface area contributed by atoms with Crippen LogP contribution in [-0.4, -0.2) is 0 Å². The Hall–Kier alpha value is -2.16. The van der Waals surface area contributed by atoms with Gasteiger partial charge in [0, 0.05) is 25.2 Å². The van der Waals surface area contributed by atoms with Gasteiger partial charge in [-0.2, -0.15) is 0 Å². The molecule has 0 spiro atoms. The van der Waals surface area contributed by atoms with Gasteiger partial charge in [-0.25, -0.2) is 0 Å². The standard InChI is InChI=1S/C33H28Br2/c1-31(2)22-10-8-7-9-19(22)25-28(31)26-20-13-11-17(34)15-23(20)33(5,6)30(26)27-21-14-12-18(35)16-24(21)32(3,4)29(25)27/h7-16H,1-6H3. The summed E-state index contributed by atoms with van der Waals surface area (Å²) in [7, 11) is 0. The van der Waals surface area contributed by atoms with Crippen LogP contribution in [0, 0.1) is 0 Å². The maximum Gasteiger partial charge on any atom is 0.0178 e. The van der Waals surface area contributed by atoms with E-state index in [4.69, 9.17) is 0 Å². The van der Waals surface area contributed by atoms with Gasteiger partial charge >= 0.3 is 0 Å². The van der Waals surface area contributed by atoms with Gasteiger partial charge in [0.2, 0.25) is 0 Å². The van der Waals surface area contributed by atoms with Crippen molar-refractivity contribution in [2.45, 2.75) is 57.8 Å². The van der Waals surface area contributed by atoms with Gasteiger partial charge in [0.15, 0.2) is 0 Å². The van der Waals surface area contributed by atoms with Crippen molar-refractivity contribution in [1.82, 2.24) is 0 Å². The fourth-order valence-electron chi connectivity index (χ4n) is 7.59. The second kappa shape index (κ2) is 6.58. The van der Waals surface area contributed by atoms with Crippen molar-refractivity contribution in [2.75, 3.05) is 0 Å². The Bertz CT molecular complexity index is 1620. The summed E-state index contributed by atoms with van der Waals surface area (Å²) in [6.45, 7) is 14.6. The van der Waals surface area contributed by atoms with Gasteiger partial charge in [0.1, 0.15) is 0 Å². The molecule has 0 saturated carbocycles. The van der Waals surface area contributed by atoms with Crippen molar-refractivity contribution >= 4 is 31.9 Å². The summed E-state index contributed by atoms with van der Waals surface area (Å²) in [4.78, 5) is 0. The first-order valence-electron chi connectivity index (χ1n) is 12.4. The lowest BCUT2D eigenvalue weighted by atomic mass is 9.71. The van der Waals surface area contributed by atoms with Crippen LogP contribution >= 0.6 is 31.9 Å². The molecule has 35 heavy (non-hydrogen) atoms. The Morgan fingerprint density at radius 3 is 1.29 bits per heavy atom. The molecule has 3 aliphatic carbocycles. The average Bonchev–Trinajstić information content (AvgIpc) is 3.28. The van der Waals surface area contributed by atoms with Crippen LogP contribution in [0.5, 0.6) is 0 Å². The first kappa shape index (κ1) is 22.1. The van der Waals surface area contributed by atoms with E-state index in [0.717, 1.165) is 8.95 Å². The van der Waals surface area contributed by atoms with E-state index in [-0.39, 0.29) is 16.2 Å². The van der Waals surface area contributed by atoms with E-state index in [9.17, 15) is 0 Å². The topological polar surface area (TPSA) is 0 Å². The number of fused-ring (bicyclic) bond motifs is 12. The summed E-state index contributed by atoms with van der Waals surface area (Å²) in [6.07, 6.45) is 0. The van der Waals surface area contributed by atoms with Gasteiger partial charge in [-0.05, 0) is 91.0 Å². The zero-order valence-corrected chi connectivity index (χ0v) is 24.2. The van der Waals surface area contributed by atoms with Crippen LogP contribution in [0.3, 0.4) is 0 Å².